The number of hydrogen-bond donors (Lipinski definition) is 1. The van der Waals surface area contributed by atoms with Crippen LogP contribution in [0.25, 0.3) is 0 Å². The summed E-state index contributed by atoms with van der Waals surface area (Å²) in [5.74, 6) is -1.72. The Labute approximate surface area is 184 Å². The second-order valence-corrected chi connectivity index (χ2v) is 6.76. The molecule has 0 saturated carbocycles. The molecule has 0 unspecified atom stereocenters. The third-order valence-corrected chi connectivity index (χ3v) is 4.63. The van der Waals surface area contributed by atoms with Crippen LogP contribution < -0.4 is 10.2 Å². The quantitative estimate of drug-likeness (QED) is 0.708. The van der Waals surface area contributed by atoms with Crippen molar-refractivity contribution < 1.29 is 23.9 Å². The number of halogens is 1. The molecule has 1 heterocycles. The zero-order valence-corrected chi connectivity index (χ0v) is 17.6. The minimum Gasteiger partial charge on any atom is -0.465 e. The first kappa shape index (κ1) is 21.9. The fourth-order valence-corrected chi connectivity index (χ4v) is 3.03. The lowest BCUT2D eigenvalue weighted by Crippen LogP contribution is -2.27. The lowest BCUT2D eigenvalue weighted by Gasteiger charge is -2.23. The Kier molecular flexibility index (Phi) is 6.89. The molecule has 0 aliphatic carbocycles. The number of carbonyl (C=O) groups excluding carboxylic acids is 3. The molecule has 0 spiro atoms. The summed E-state index contributed by atoms with van der Waals surface area (Å²) in [6, 6.07) is 13.3. The first-order chi connectivity index (χ1) is 14.9. The summed E-state index contributed by atoms with van der Waals surface area (Å²) >= 11 is 5.87. The van der Waals surface area contributed by atoms with E-state index >= 15 is 0 Å². The molecule has 0 fully saturated rings. The van der Waals surface area contributed by atoms with Crippen LogP contribution in [0.4, 0.5) is 11.4 Å². The Morgan fingerprint density at radius 1 is 0.935 bits per heavy atom. The van der Waals surface area contributed by atoms with Crippen molar-refractivity contribution in [3.05, 3.63) is 94.8 Å². The topological polar surface area (TPSA) is 84.9 Å². The van der Waals surface area contributed by atoms with E-state index in [4.69, 9.17) is 21.1 Å². The molecule has 0 saturated heterocycles. The summed E-state index contributed by atoms with van der Waals surface area (Å²) in [5, 5.41) is 3.33. The van der Waals surface area contributed by atoms with Crippen LogP contribution in [0.1, 0.15) is 10.4 Å². The van der Waals surface area contributed by atoms with Crippen molar-refractivity contribution in [3.63, 3.8) is 0 Å². The molecule has 1 amide bonds. The molecule has 1 aliphatic heterocycles. The second-order valence-electron chi connectivity index (χ2n) is 6.33. The van der Waals surface area contributed by atoms with Crippen LogP contribution >= 0.6 is 11.6 Å². The number of anilines is 2. The average Bonchev–Trinajstić information content (AvgIpc) is 3.01. The number of allylic oxidation sites excluding steroid dienone is 2. The number of esters is 2. The summed E-state index contributed by atoms with van der Waals surface area (Å²) in [4.78, 5) is 38.8. The standard InChI is InChI=1S/C23H19ClN2O5/c1-30-22(28)19-8-3-4-13-26(20(19)23(29)31-2)18-7-5-6-17(14-18)25-21(27)15-9-11-16(24)12-10-15/h3-14H,1-2H3,(H,25,27). The third-order valence-electron chi connectivity index (χ3n) is 4.38. The van der Waals surface area contributed by atoms with Crippen LogP contribution in [0, 0.1) is 0 Å². The van der Waals surface area contributed by atoms with Crippen LogP contribution in [0.2, 0.25) is 5.02 Å². The highest BCUT2D eigenvalue weighted by atomic mass is 35.5. The van der Waals surface area contributed by atoms with E-state index in [1.807, 2.05) is 0 Å². The van der Waals surface area contributed by atoms with Gasteiger partial charge in [0.15, 0.2) is 0 Å². The van der Waals surface area contributed by atoms with E-state index in [9.17, 15) is 14.4 Å². The van der Waals surface area contributed by atoms with E-state index in [0.29, 0.717) is 22.0 Å². The monoisotopic (exact) mass is 438 g/mol. The van der Waals surface area contributed by atoms with E-state index in [2.05, 4.69) is 5.32 Å². The number of nitrogens with zero attached hydrogens (tertiary/aromatic N) is 1. The molecular formula is C23H19ClN2O5. The first-order valence-corrected chi connectivity index (χ1v) is 9.54. The van der Waals surface area contributed by atoms with Crippen molar-refractivity contribution in [1.82, 2.24) is 0 Å². The molecule has 8 heteroatoms. The minimum atomic E-state index is -0.716. The van der Waals surface area contributed by atoms with Crippen molar-refractivity contribution in [3.8, 4) is 0 Å². The number of amides is 1. The molecule has 3 rings (SSSR count). The van der Waals surface area contributed by atoms with Crippen molar-refractivity contribution >= 4 is 40.8 Å². The van der Waals surface area contributed by atoms with Crippen LogP contribution in [-0.2, 0) is 19.1 Å². The minimum absolute atomic E-state index is 0.0134. The van der Waals surface area contributed by atoms with E-state index < -0.39 is 11.9 Å². The van der Waals surface area contributed by atoms with E-state index in [0.717, 1.165) is 0 Å². The lowest BCUT2D eigenvalue weighted by atomic mass is 10.1. The van der Waals surface area contributed by atoms with Gasteiger partial charge in [-0.15, -0.1) is 0 Å². The predicted octanol–water partition coefficient (Wildman–Crippen LogP) is 4.08. The summed E-state index contributed by atoms with van der Waals surface area (Å²) in [6.45, 7) is 0. The summed E-state index contributed by atoms with van der Waals surface area (Å²) < 4.78 is 9.70. The highest BCUT2D eigenvalue weighted by molar-refractivity contribution is 6.30. The molecule has 0 atom stereocenters. The van der Waals surface area contributed by atoms with Crippen LogP contribution in [0.3, 0.4) is 0 Å². The Morgan fingerprint density at radius 2 is 1.65 bits per heavy atom. The van der Waals surface area contributed by atoms with Gasteiger partial charge in [0.2, 0.25) is 0 Å². The van der Waals surface area contributed by atoms with Gasteiger partial charge in [0.25, 0.3) is 5.91 Å². The second kappa shape index (κ2) is 9.77. The molecule has 0 aromatic heterocycles. The summed E-state index contributed by atoms with van der Waals surface area (Å²) in [5.41, 5.74) is 1.48. The highest BCUT2D eigenvalue weighted by Crippen LogP contribution is 2.28. The molecule has 0 radical (unpaired) electrons. The first-order valence-electron chi connectivity index (χ1n) is 9.16. The van der Waals surface area contributed by atoms with Gasteiger partial charge in [0.1, 0.15) is 5.70 Å². The Bertz CT molecular complexity index is 1100. The van der Waals surface area contributed by atoms with Gasteiger partial charge < -0.3 is 19.7 Å². The Balaban J connectivity index is 1.97. The van der Waals surface area contributed by atoms with E-state index in [1.54, 1.807) is 66.9 Å². The average molecular weight is 439 g/mol. The molecule has 158 valence electrons. The molecule has 0 bridgehead atoms. The van der Waals surface area contributed by atoms with Crippen LogP contribution in [0.5, 0.6) is 0 Å². The Hall–Kier alpha value is -3.84. The summed E-state index contributed by atoms with van der Waals surface area (Å²) in [6.07, 6.45) is 6.36. The number of benzene rings is 2. The zero-order chi connectivity index (χ0) is 22.4. The van der Waals surface area contributed by atoms with Crippen molar-refractivity contribution in [2.75, 3.05) is 24.4 Å². The van der Waals surface area contributed by atoms with Gasteiger partial charge in [-0.1, -0.05) is 23.7 Å². The van der Waals surface area contributed by atoms with E-state index in [1.165, 1.54) is 25.2 Å². The fraction of sp³-hybridized carbons (Fsp3) is 0.0870. The maximum Gasteiger partial charge on any atom is 0.355 e. The fourth-order valence-electron chi connectivity index (χ4n) is 2.90. The normalized spacial score (nSPS) is 12.9. The molecule has 1 N–H and O–H groups in total. The van der Waals surface area contributed by atoms with Gasteiger partial charge in [0, 0.05) is 28.2 Å². The van der Waals surface area contributed by atoms with Crippen LogP contribution in [0.15, 0.2) is 84.2 Å². The van der Waals surface area contributed by atoms with Gasteiger partial charge in [-0.25, -0.2) is 9.59 Å². The lowest BCUT2D eigenvalue weighted by molar-refractivity contribution is -0.139. The van der Waals surface area contributed by atoms with Crippen molar-refractivity contribution in [2.45, 2.75) is 0 Å². The zero-order valence-electron chi connectivity index (χ0n) is 16.8. The maximum absolute atomic E-state index is 12.5. The van der Waals surface area contributed by atoms with E-state index in [-0.39, 0.29) is 17.2 Å². The number of carbonyl (C=O) groups is 3. The predicted molar refractivity (Wildman–Crippen MR) is 118 cm³/mol. The molecular weight excluding hydrogens is 420 g/mol. The van der Waals surface area contributed by atoms with Gasteiger partial charge in [-0.2, -0.15) is 0 Å². The number of ether oxygens (including phenoxy) is 2. The van der Waals surface area contributed by atoms with Crippen molar-refractivity contribution in [2.24, 2.45) is 0 Å². The molecule has 7 nitrogen and oxygen atoms in total. The maximum atomic E-state index is 12.5. The highest BCUT2D eigenvalue weighted by Gasteiger charge is 2.27. The Morgan fingerprint density at radius 3 is 2.32 bits per heavy atom. The molecule has 2 aromatic rings. The third kappa shape index (κ3) is 5.02. The van der Waals surface area contributed by atoms with Gasteiger partial charge in [-0.05, 0) is 54.6 Å². The van der Waals surface area contributed by atoms with Crippen molar-refractivity contribution in [1.29, 1.82) is 0 Å². The summed E-state index contributed by atoms with van der Waals surface area (Å²) in [7, 11) is 2.46. The number of hydrogen-bond acceptors (Lipinski definition) is 6. The SMILES string of the molecule is COC(=O)C1=C(C(=O)OC)N(c2cccc(NC(=O)c3ccc(Cl)cc3)c2)C=CC=C1. The molecule has 31 heavy (non-hydrogen) atoms. The van der Waals surface area contributed by atoms with Gasteiger partial charge in [-0.3, -0.25) is 4.79 Å². The largest absolute Gasteiger partial charge is 0.465 e. The van der Waals surface area contributed by atoms with Crippen LogP contribution in [-0.4, -0.2) is 32.1 Å². The van der Waals surface area contributed by atoms with Gasteiger partial charge >= 0.3 is 11.9 Å². The number of nitrogens with one attached hydrogen (secondary N) is 1. The molecule has 2 aromatic carbocycles. The van der Waals surface area contributed by atoms with Gasteiger partial charge in [0.05, 0.1) is 19.8 Å². The smallest absolute Gasteiger partial charge is 0.355 e. The molecule has 1 aliphatic rings. The number of methoxy groups -OCH3 is 2. The number of rotatable bonds is 5.